The summed E-state index contributed by atoms with van der Waals surface area (Å²) < 4.78 is 0. The summed E-state index contributed by atoms with van der Waals surface area (Å²) in [5, 5.41) is 0. The molecule has 2 saturated heterocycles. The van der Waals surface area contributed by atoms with Crippen molar-refractivity contribution in [1.82, 2.24) is 4.90 Å². The molecule has 3 unspecified atom stereocenters. The lowest BCUT2D eigenvalue weighted by molar-refractivity contribution is 0.164. The number of rotatable bonds is 1. The first-order valence-corrected chi connectivity index (χ1v) is 5.05. The Balaban J connectivity index is 2.09. The minimum absolute atomic E-state index is 0.943. The Morgan fingerprint density at radius 3 is 2.82 bits per heavy atom. The van der Waals surface area contributed by atoms with Crippen LogP contribution < -0.4 is 0 Å². The molecule has 2 heterocycles. The highest BCUT2D eigenvalue weighted by Gasteiger charge is 2.39. The third-order valence-electron chi connectivity index (χ3n) is 3.78. The van der Waals surface area contributed by atoms with Gasteiger partial charge in [-0.1, -0.05) is 19.8 Å². The van der Waals surface area contributed by atoms with Gasteiger partial charge in [0.2, 0.25) is 0 Å². The second kappa shape index (κ2) is 2.78. The molecule has 64 valence electrons. The van der Waals surface area contributed by atoms with E-state index in [9.17, 15) is 0 Å². The van der Waals surface area contributed by atoms with Crippen molar-refractivity contribution in [3.8, 4) is 0 Å². The highest BCUT2D eigenvalue weighted by atomic mass is 15.2. The Morgan fingerprint density at radius 1 is 1.36 bits per heavy atom. The minimum atomic E-state index is 0.943. The number of piperidine rings is 1. The monoisotopic (exact) mass is 153 g/mol. The zero-order valence-corrected chi connectivity index (χ0v) is 7.71. The van der Waals surface area contributed by atoms with E-state index in [0.717, 1.165) is 18.0 Å². The molecule has 0 amide bonds. The van der Waals surface area contributed by atoms with Gasteiger partial charge in [-0.05, 0) is 32.2 Å². The molecule has 2 aliphatic heterocycles. The molecule has 0 aromatic heterocycles. The van der Waals surface area contributed by atoms with Crippen LogP contribution in [0, 0.1) is 5.92 Å². The Kier molecular flexibility index (Phi) is 1.92. The molecule has 11 heavy (non-hydrogen) atoms. The Morgan fingerprint density at radius 2 is 2.18 bits per heavy atom. The molecule has 0 N–H and O–H groups in total. The lowest BCUT2D eigenvalue weighted by atomic mass is 9.96. The van der Waals surface area contributed by atoms with Crippen LogP contribution in [-0.2, 0) is 0 Å². The zero-order chi connectivity index (χ0) is 7.84. The first-order chi connectivity index (χ1) is 5.33. The van der Waals surface area contributed by atoms with Crippen molar-refractivity contribution >= 4 is 0 Å². The second-order valence-corrected chi connectivity index (χ2v) is 4.22. The van der Waals surface area contributed by atoms with E-state index in [2.05, 4.69) is 18.9 Å². The van der Waals surface area contributed by atoms with Crippen LogP contribution in [0.15, 0.2) is 0 Å². The summed E-state index contributed by atoms with van der Waals surface area (Å²) in [6.45, 7) is 2.35. The molecule has 0 radical (unpaired) electrons. The molecular weight excluding hydrogens is 134 g/mol. The van der Waals surface area contributed by atoms with E-state index < -0.39 is 0 Å². The van der Waals surface area contributed by atoms with Crippen LogP contribution in [0.5, 0.6) is 0 Å². The van der Waals surface area contributed by atoms with E-state index in [4.69, 9.17) is 0 Å². The van der Waals surface area contributed by atoms with Crippen LogP contribution in [0.3, 0.4) is 0 Å². The van der Waals surface area contributed by atoms with Crippen LogP contribution in [0.4, 0.5) is 0 Å². The first kappa shape index (κ1) is 7.60. The third kappa shape index (κ3) is 1.10. The summed E-state index contributed by atoms with van der Waals surface area (Å²) in [6.07, 6.45) is 7.29. The molecule has 3 atom stereocenters. The minimum Gasteiger partial charge on any atom is -0.300 e. The molecule has 0 aromatic carbocycles. The average Bonchev–Trinajstić information content (AvgIpc) is 2.23. The number of hydrogen-bond acceptors (Lipinski definition) is 1. The Bertz CT molecular complexity index is 144. The second-order valence-electron chi connectivity index (χ2n) is 4.22. The van der Waals surface area contributed by atoms with Crippen LogP contribution in [0.1, 0.15) is 39.0 Å². The molecule has 2 aliphatic rings. The zero-order valence-electron chi connectivity index (χ0n) is 7.71. The number of hydrogen-bond donors (Lipinski definition) is 0. The molecule has 1 nitrogen and oxygen atoms in total. The average molecular weight is 153 g/mol. The molecular formula is C10H19N. The van der Waals surface area contributed by atoms with E-state index in [1.807, 2.05) is 0 Å². The summed E-state index contributed by atoms with van der Waals surface area (Å²) in [4.78, 5) is 2.64. The predicted octanol–water partition coefficient (Wildman–Crippen LogP) is 2.27. The normalized spacial score (nSPS) is 44.7. The molecule has 0 saturated carbocycles. The standard InChI is InChI=1S/C10H19N/c1-3-8-7-9-5-4-6-10(8)11(9)2/h8-10H,3-7H2,1-2H3. The van der Waals surface area contributed by atoms with Gasteiger partial charge in [-0.2, -0.15) is 0 Å². The highest BCUT2D eigenvalue weighted by Crippen LogP contribution is 2.39. The van der Waals surface area contributed by atoms with Crippen molar-refractivity contribution < 1.29 is 0 Å². The first-order valence-electron chi connectivity index (χ1n) is 5.05. The topological polar surface area (TPSA) is 3.24 Å². The quantitative estimate of drug-likeness (QED) is 0.558. The largest absolute Gasteiger partial charge is 0.300 e. The van der Waals surface area contributed by atoms with E-state index >= 15 is 0 Å². The maximum atomic E-state index is 2.64. The number of fused-ring (bicyclic) bond motifs is 2. The summed E-state index contributed by atoms with van der Waals surface area (Å²) in [6, 6.07) is 1.89. The van der Waals surface area contributed by atoms with Crippen molar-refractivity contribution in [3.05, 3.63) is 0 Å². The fourth-order valence-corrected chi connectivity index (χ4v) is 3.04. The van der Waals surface area contributed by atoms with Gasteiger partial charge in [-0.25, -0.2) is 0 Å². The molecule has 2 fully saturated rings. The maximum absolute atomic E-state index is 2.64. The predicted molar refractivity (Wildman–Crippen MR) is 47.6 cm³/mol. The van der Waals surface area contributed by atoms with Crippen molar-refractivity contribution in [2.75, 3.05) is 7.05 Å². The molecule has 0 aliphatic carbocycles. The maximum Gasteiger partial charge on any atom is 0.0124 e. The Hall–Kier alpha value is -0.0400. The van der Waals surface area contributed by atoms with Gasteiger partial charge in [-0.15, -0.1) is 0 Å². The van der Waals surface area contributed by atoms with Crippen LogP contribution in [-0.4, -0.2) is 24.0 Å². The highest BCUT2D eigenvalue weighted by molar-refractivity contribution is 4.94. The fourth-order valence-electron chi connectivity index (χ4n) is 3.04. The molecule has 0 aromatic rings. The van der Waals surface area contributed by atoms with Gasteiger partial charge in [0.15, 0.2) is 0 Å². The van der Waals surface area contributed by atoms with Gasteiger partial charge in [0.1, 0.15) is 0 Å². The van der Waals surface area contributed by atoms with E-state index in [1.165, 1.54) is 32.1 Å². The lowest BCUT2D eigenvalue weighted by Crippen LogP contribution is -2.37. The summed E-state index contributed by atoms with van der Waals surface area (Å²) in [7, 11) is 2.32. The fraction of sp³-hybridized carbons (Fsp3) is 1.00. The molecule has 2 bridgehead atoms. The van der Waals surface area contributed by atoms with Crippen LogP contribution >= 0.6 is 0 Å². The molecule has 2 rings (SSSR count). The van der Waals surface area contributed by atoms with Gasteiger partial charge in [0, 0.05) is 12.1 Å². The smallest absolute Gasteiger partial charge is 0.0124 e. The van der Waals surface area contributed by atoms with Gasteiger partial charge < -0.3 is 4.90 Å². The van der Waals surface area contributed by atoms with Crippen molar-refractivity contribution in [1.29, 1.82) is 0 Å². The SMILES string of the molecule is CCC1CC2CCCC1N2C. The van der Waals surface area contributed by atoms with E-state index in [1.54, 1.807) is 0 Å². The van der Waals surface area contributed by atoms with E-state index in [-0.39, 0.29) is 0 Å². The van der Waals surface area contributed by atoms with Gasteiger partial charge >= 0.3 is 0 Å². The van der Waals surface area contributed by atoms with Gasteiger partial charge in [0.25, 0.3) is 0 Å². The van der Waals surface area contributed by atoms with Gasteiger partial charge in [-0.3, -0.25) is 0 Å². The van der Waals surface area contributed by atoms with Crippen molar-refractivity contribution in [3.63, 3.8) is 0 Å². The molecule has 1 heteroatoms. The van der Waals surface area contributed by atoms with Crippen LogP contribution in [0.25, 0.3) is 0 Å². The van der Waals surface area contributed by atoms with Crippen molar-refractivity contribution in [2.45, 2.75) is 51.1 Å². The molecule has 0 spiro atoms. The van der Waals surface area contributed by atoms with Crippen LogP contribution in [0.2, 0.25) is 0 Å². The Labute approximate surface area is 69.8 Å². The number of nitrogens with zero attached hydrogens (tertiary/aromatic N) is 1. The van der Waals surface area contributed by atoms with Crippen molar-refractivity contribution in [2.24, 2.45) is 5.92 Å². The van der Waals surface area contributed by atoms with Gasteiger partial charge in [0.05, 0.1) is 0 Å². The summed E-state index contributed by atoms with van der Waals surface area (Å²) in [5.41, 5.74) is 0. The van der Waals surface area contributed by atoms with E-state index in [0.29, 0.717) is 0 Å². The third-order valence-corrected chi connectivity index (χ3v) is 3.78. The summed E-state index contributed by atoms with van der Waals surface area (Å²) >= 11 is 0. The lowest BCUT2D eigenvalue weighted by Gasteiger charge is -2.32. The summed E-state index contributed by atoms with van der Waals surface area (Å²) in [5.74, 6) is 1.02.